The molecule has 0 atom stereocenters. The van der Waals surface area contributed by atoms with Gasteiger partial charge in [-0.15, -0.1) is 16.4 Å². The molecular weight excluding hydrogens is 284 g/mol. The average molecular weight is 300 g/mol. The maximum Gasteiger partial charge on any atom is 0.284 e. The third kappa shape index (κ3) is 3.69. The van der Waals surface area contributed by atoms with E-state index in [1.165, 1.54) is 0 Å². The molecule has 0 aliphatic carbocycles. The van der Waals surface area contributed by atoms with Crippen LogP contribution in [-0.4, -0.2) is 47.8 Å². The van der Waals surface area contributed by atoms with Gasteiger partial charge >= 0.3 is 0 Å². The monoisotopic (exact) mass is 300 g/mol. The van der Waals surface area contributed by atoms with E-state index >= 15 is 0 Å². The Bertz CT molecular complexity index is 588. The van der Waals surface area contributed by atoms with Crippen LogP contribution in [-0.2, 0) is 17.8 Å². The third-order valence-electron chi connectivity index (χ3n) is 2.43. The lowest BCUT2D eigenvalue weighted by molar-refractivity contribution is 0.182. The number of thiazole rings is 1. The van der Waals surface area contributed by atoms with Crippen LogP contribution in [0.25, 0.3) is 10.8 Å². The van der Waals surface area contributed by atoms with Crippen LogP contribution in [0.4, 0.5) is 0 Å². The summed E-state index contributed by atoms with van der Waals surface area (Å²) in [5, 5.41) is 7.71. The van der Waals surface area contributed by atoms with Gasteiger partial charge in [-0.3, -0.25) is 0 Å². The zero-order valence-electron chi connectivity index (χ0n) is 11.1. The zero-order chi connectivity index (χ0) is 13.8. The van der Waals surface area contributed by atoms with E-state index in [1.807, 2.05) is 14.1 Å². The van der Waals surface area contributed by atoms with Crippen LogP contribution in [0.2, 0.25) is 0 Å². The summed E-state index contributed by atoms with van der Waals surface area (Å²) in [4.78, 5) is 7.84. The van der Waals surface area contributed by atoms with E-state index in [9.17, 15) is 0 Å². The van der Waals surface area contributed by atoms with Gasteiger partial charge in [0.15, 0.2) is 0 Å². The van der Waals surface area contributed by atoms with Crippen LogP contribution in [0.5, 0.6) is 0 Å². The maximum absolute atomic E-state index is 5.35. The summed E-state index contributed by atoms with van der Waals surface area (Å²) in [6.07, 6.45) is 0.888. The number of H-pyrrole nitrogens is 1. The molecule has 0 bridgehead atoms. The van der Waals surface area contributed by atoms with Gasteiger partial charge in [0.05, 0.1) is 17.3 Å². The number of aromatic amines is 1. The van der Waals surface area contributed by atoms with E-state index in [0.717, 1.165) is 28.5 Å². The zero-order valence-corrected chi connectivity index (χ0v) is 12.7. The van der Waals surface area contributed by atoms with Crippen molar-refractivity contribution >= 4 is 23.6 Å². The number of likely N-dealkylation sites (N-methyl/N-ethyl adjacent to an activating group) is 1. The van der Waals surface area contributed by atoms with Crippen molar-refractivity contribution in [3.63, 3.8) is 0 Å². The Morgan fingerprint density at radius 3 is 2.84 bits per heavy atom. The standard InChI is InChI=1S/C11H16N4O2S2/c1-15(2)5-4-8-12-7(6-16-3)9(19-8)10-13-14-11(18)17-10/h4-6H2,1-3H3,(H,14,18). The van der Waals surface area contributed by atoms with Crippen molar-refractivity contribution in [3.8, 4) is 10.8 Å². The molecule has 8 heteroatoms. The minimum Gasteiger partial charge on any atom is -0.408 e. The highest BCUT2D eigenvalue weighted by molar-refractivity contribution is 7.71. The lowest BCUT2D eigenvalue weighted by atomic mass is 10.3. The van der Waals surface area contributed by atoms with Gasteiger partial charge in [-0.25, -0.2) is 10.1 Å². The normalized spacial score (nSPS) is 11.4. The molecule has 2 rings (SSSR count). The molecule has 2 aromatic rings. The lowest BCUT2D eigenvalue weighted by Gasteiger charge is -2.06. The van der Waals surface area contributed by atoms with E-state index in [0.29, 0.717) is 12.5 Å². The summed E-state index contributed by atoms with van der Waals surface area (Å²) in [6.45, 7) is 1.38. The molecule has 0 radical (unpaired) electrons. The Kier molecular flexibility index (Phi) is 4.81. The highest BCUT2D eigenvalue weighted by Gasteiger charge is 2.17. The predicted molar refractivity (Wildman–Crippen MR) is 75.8 cm³/mol. The Morgan fingerprint density at radius 2 is 2.26 bits per heavy atom. The Labute approximate surface area is 120 Å². The van der Waals surface area contributed by atoms with E-state index in [-0.39, 0.29) is 4.84 Å². The van der Waals surface area contributed by atoms with Crippen LogP contribution >= 0.6 is 23.6 Å². The first-order valence-corrected chi connectivity index (χ1v) is 7.00. The number of hydrogen-bond donors (Lipinski definition) is 1. The number of nitrogens with one attached hydrogen (secondary N) is 1. The van der Waals surface area contributed by atoms with Crippen molar-refractivity contribution < 1.29 is 9.15 Å². The quantitative estimate of drug-likeness (QED) is 0.824. The van der Waals surface area contributed by atoms with Gasteiger partial charge in [-0.1, -0.05) is 0 Å². The van der Waals surface area contributed by atoms with Gasteiger partial charge in [0, 0.05) is 20.1 Å². The molecule has 0 aliphatic rings. The minimum atomic E-state index is 0.265. The van der Waals surface area contributed by atoms with Crippen LogP contribution in [0.3, 0.4) is 0 Å². The number of ether oxygens (including phenoxy) is 1. The van der Waals surface area contributed by atoms with Gasteiger partial charge in [0.25, 0.3) is 10.7 Å². The second-order valence-electron chi connectivity index (χ2n) is 4.29. The van der Waals surface area contributed by atoms with E-state index in [1.54, 1.807) is 18.4 Å². The summed E-state index contributed by atoms with van der Waals surface area (Å²) < 4.78 is 10.5. The first-order valence-electron chi connectivity index (χ1n) is 5.78. The topological polar surface area (TPSA) is 67.2 Å². The van der Waals surface area contributed by atoms with Crippen molar-refractivity contribution in [1.82, 2.24) is 20.1 Å². The molecular formula is C11H16N4O2S2. The first-order chi connectivity index (χ1) is 9.10. The molecule has 104 valence electrons. The lowest BCUT2D eigenvalue weighted by Crippen LogP contribution is -2.14. The van der Waals surface area contributed by atoms with Gasteiger partial charge in [0.1, 0.15) is 4.88 Å². The van der Waals surface area contributed by atoms with Crippen LogP contribution in [0.1, 0.15) is 10.7 Å². The Morgan fingerprint density at radius 1 is 1.47 bits per heavy atom. The molecule has 0 aliphatic heterocycles. The summed E-state index contributed by atoms with van der Waals surface area (Å²) in [7, 11) is 5.72. The Balaban J connectivity index is 2.27. The minimum absolute atomic E-state index is 0.265. The van der Waals surface area contributed by atoms with Crippen molar-refractivity contribution in [3.05, 3.63) is 15.5 Å². The Hall–Kier alpha value is -1.09. The molecule has 0 spiro atoms. The second kappa shape index (κ2) is 6.38. The van der Waals surface area contributed by atoms with Crippen molar-refractivity contribution in [2.75, 3.05) is 27.7 Å². The molecule has 0 saturated heterocycles. The number of methoxy groups -OCH3 is 1. The summed E-state index contributed by atoms with van der Waals surface area (Å²) in [6, 6.07) is 0. The summed E-state index contributed by atoms with van der Waals surface area (Å²) in [5.41, 5.74) is 0.839. The van der Waals surface area contributed by atoms with Crippen molar-refractivity contribution in [1.29, 1.82) is 0 Å². The van der Waals surface area contributed by atoms with Gasteiger partial charge in [-0.2, -0.15) is 0 Å². The number of hydrogen-bond acceptors (Lipinski definition) is 7. The largest absolute Gasteiger partial charge is 0.408 e. The van der Waals surface area contributed by atoms with Gasteiger partial charge < -0.3 is 14.1 Å². The van der Waals surface area contributed by atoms with Gasteiger partial charge in [0.2, 0.25) is 0 Å². The molecule has 1 N–H and O–H groups in total. The van der Waals surface area contributed by atoms with Crippen LogP contribution < -0.4 is 0 Å². The molecule has 2 aromatic heterocycles. The fourth-order valence-electron chi connectivity index (χ4n) is 1.56. The summed E-state index contributed by atoms with van der Waals surface area (Å²) in [5.74, 6) is 0.477. The van der Waals surface area contributed by atoms with Crippen LogP contribution in [0, 0.1) is 4.84 Å². The number of nitrogens with zero attached hydrogens (tertiary/aromatic N) is 3. The van der Waals surface area contributed by atoms with E-state index < -0.39 is 0 Å². The fraction of sp³-hybridized carbons (Fsp3) is 0.545. The van der Waals surface area contributed by atoms with Crippen LogP contribution in [0.15, 0.2) is 4.42 Å². The first kappa shape index (κ1) is 14.3. The highest BCUT2D eigenvalue weighted by Crippen LogP contribution is 2.29. The molecule has 0 aromatic carbocycles. The van der Waals surface area contributed by atoms with Crippen molar-refractivity contribution in [2.24, 2.45) is 0 Å². The average Bonchev–Trinajstić information content (AvgIpc) is 2.93. The molecule has 0 saturated carbocycles. The second-order valence-corrected chi connectivity index (χ2v) is 5.74. The SMILES string of the molecule is COCc1nc(CCN(C)C)sc1-c1n[nH]c(=S)o1. The molecule has 0 amide bonds. The molecule has 0 fully saturated rings. The van der Waals surface area contributed by atoms with Crippen molar-refractivity contribution in [2.45, 2.75) is 13.0 Å². The molecule has 6 nitrogen and oxygen atoms in total. The smallest absolute Gasteiger partial charge is 0.284 e. The third-order valence-corrected chi connectivity index (χ3v) is 3.75. The van der Waals surface area contributed by atoms with E-state index in [2.05, 4.69) is 20.1 Å². The molecule has 0 unspecified atom stereocenters. The predicted octanol–water partition coefficient (Wildman–Crippen LogP) is 2.11. The fourth-order valence-corrected chi connectivity index (χ4v) is 2.66. The highest BCUT2D eigenvalue weighted by atomic mass is 32.1. The number of rotatable bonds is 6. The summed E-state index contributed by atoms with van der Waals surface area (Å²) >= 11 is 6.46. The molecule has 2 heterocycles. The maximum atomic E-state index is 5.35. The molecule has 19 heavy (non-hydrogen) atoms. The van der Waals surface area contributed by atoms with Gasteiger partial charge in [-0.05, 0) is 26.3 Å². The van der Waals surface area contributed by atoms with E-state index in [4.69, 9.17) is 21.4 Å². The number of aromatic nitrogens is 3.